The van der Waals surface area contributed by atoms with Crippen LogP contribution in [0.3, 0.4) is 0 Å². The number of ether oxygens (including phenoxy) is 1. The molecule has 1 aromatic heterocycles. The van der Waals surface area contributed by atoms with Crippen molar-refractivity contribution in [3.63, 3.8) is 0 Å². The molecule has 1 amide bonds. The number of rotatable bonds is 6. The van der Waals surface area contributed by atoms with Crippen LogP contribution in [-0.4, -0.2) is 15.7 Å². The van der Waals surface area contributed by atoms with Gasteiger partial charge in [0.05, 0.1) is 11.9 Å². The first kappa shape index (κ1) is 20.3. The number of amides is 1. The monoisotopic (exact) mass is 415 g/mol. The van der Waals surface area contributed by atoms with E-state index in [0.29, 0.717) is 23.7 Å². The highest BCUT2D eigenvalue weighted by molar-refractivity contribution is 6.05. The summed E-state index contributed by atoms with van der Waals surface area (Å²) in [4.78, 5) is 13.1. The molecule has 31 heavy (non-hydrogen) atoms. The van der Waals surface area contributed by atoms with Crippen molar-refractivity contribution in [3.05, 3.63) is 107 Å². The fraction of sp³-hybridized carbons (Fsp3) is 0.120. The molecule has 156 valence electrons. The Morgan fingerprint density at radius 3 is 2.48 bits per heavy atom. The van der Waals surface area contributed by atoms with Gasteiger partial charge in [0.2, 0.25) is 0 Å². The van der Waals surface area contributed by atoms with Crippen LogP contribution in [0.1, 0.15) is 27.2 Å². The highest BCUT2D eigenvalue weighted by atomic mass is 19.1. The second kappa shape index (κ2) is 8.83. The van der Waals surface area contributed by atoms with Gasteiger partial charge in [0.25, 0.3) is 5.91 Å². The number of carbonyl (C=O) groups excluding carboxylic acids is 1. The van der Waals surface area contributed by atoms with Gasteiger partial charge in [-0.1, -0.05) is 48.0 Å². The highest BCUT2D eigenvalue weighted by Crippen LogP contribution is 2.24. The summed E-state index contributed by atoms with van der Waals surface area (Å²) in [6.07, 6.45) is 1.63. The molecule has 0 radical (unpaired) electrons. The van der Waals surface area contributed by atoms with Crippen molar-refractivity contribution in [2.75, 3.05) is 5.32 Å². The molecule has 0 spiro atoms. The molecule has 0 atom stereocenters. The van der Waals surface area contributed by atoms with Gasteiger partial charge in [0.15, 0.2) is 11.4 Å². The molecule has 4 rings (SSSR count). The summed E-state index contributed by atoms with van der Waals surface area (Å²) < 4.78 is 20.8. The Balaban J connectivity index is 1.64. The SMILES string of the molecule is Cc1ccc(NC(=O)c2nn(-c3ccc(F)cc3)cc2OCc2ccccc2)c(C)c1. The molecule has 0 aliphatic rings. The van der Waals surface area contributed by atoms with Gasteiger partial charge >= 0.3 is 0 Å². The smallest absolute Gasteiger partial charge is 0.280 e. The molecule has 4 aromatic rings. The van der Waals surface area contributed by atoms with Crippen LogP contribution in [0.25, 0.3) is 5.69 Å². The van der Waals surface area contributed by atoms with E-state index in [1.807, 2.05) is 62.4 Å². The van der Waals surface area contributed by atoms with Gasteiger partial charge in [-0.2, -0.15) is 5.10 Å². The lowest BCUT2D eigenvalue weighted by molar-refractivity contribution is 0.101. The number of anilines is 1. The Morgan fingerprint density at radius 2 is 1.77 bits per heavy atom. The van der Waals surface area contributed by atoms with Crippen LogP contribution < -0.4 is 10.1 Å². The average molecular weight is 415 g/mol. The van der Waals surface area contributed by atoms with E-state index < -0.39 is 0 Å². The molecule has 0 bridgehead atoms. The second-order valence-electron chi connectivity index (χ2n) is 7.31. The topological polar surface area (TPSA) is 56.2 Å². The summed E-state index contributed by atoms with van der Waals surface area (Å²) in [6, 6.07) is 21.3. The fourth-order valence-corrected chi connectivity index (χ4v) is 3.22. The van der Waals surface area contributed by atoms with E-state index in [2.05, 4.69) is 10.4 Å². The zero-order valence-corrected chi connectivity index (χ0v) is 17.3. The van der Waals surface area contributed by atoms with E-state index in [1.54, 1.807) is 18.3 Å². The zero-order chi connectivity index (χ0) is 21.8. The third-order valence-electron chi connectivity index (χ3n) is 4.85. The summed E-state index contributed by atoms with van der Waals surface area (Å²) in [5.74, 6) is -0.379. The fourth-order valence-electron chi connectivity index (χ4n) is 3.22. The van der Waals surface area contributed by atoms with E-state index in [4.69, 9.17) is 4.74 Å². The Kier molecular flexibility index (Phi) is 5.80. The lowest BCUT2D eigenvalue weighted by atomic mass is 10.1. The van der Waals surface area contributed by atoms with Crippen molar-refractivity contribution in [2.45, 2.75) is 20.5 Å². The largest absolute Gasteiger partial charge is 0.485 e. The van der Waals surface area contributed by atoms with E-state index in [1.165, 1.54) is 16.8 Å². The molecule has 0 saturated carbocycles. The Bertz CT molecular complexity index is 1200. The van der Waals surface area contributed by atoms with E-state index in [-0.39, 0.29) is 17.4 Å². The first-order valence-electron chi connectivity index (χ1n) is 9.90. The molecule has 1 N–H and O–H groups in total. The lowest BCUT2D eigenvalue weighted by Gasteiger charge is -2.09. The van der Waals surface area contributed by atoms with Crippen LogP contribution in [0.4, 0.5) is 10.1 Å². The molecule has 0 saturated heterocycles. The Morgan fingerprint density at radius 1 is 1.03 bits per heavy atom. The second-order valence-corrected chi connectivity index (χ2v) is 7.31. The number of aryl methyl sites for hydroxylation is 2. The van der Waals surface area contributed by atoms with Gasteiger partial charge in [0.1, 0.15) is 12.4 Å². The summed E-state index contributed by atoms with van der Waals surface area (Å²) >= 11 is 0. The van der Waals surface area contributed by atoms with Gasteiger partial charge in [-0.3, -0.25) is 4.79 Å². The first-order valence-corrected chi connectivity index (χ1v) is 9.90. The van der Waals surface area contributed by atoms with Crippen LogP contribution in [0.15, 0.2) is 79.0 Å². The molecule has 1 heterocycles. The maximum Gasteiger partial charge on any atom is 0.280 e. The van der Waals surface area contributed by atoms with Crippen LogP contribution in [0.2, 0.25) is 0 Å². The van der Waals surface area contributed by atoms with Crippen molar-refractivity contribution in [1.29, 1.82) is 0 Å². The van der Waals surface area contributed by atoms with Crippen molar-refractivity contribution in [2.24, 2.45) is 0 Å². The van der Waals surface area contributed by atoms with Gasteiger partial charge in [-0.15, -0.1) is 0 Å². The predicted octanol–water partition coefficient (Wildman–Crippen LogP) is 5.46. The van der Waals surface area contributed by atoms with E-state index in [0.717, 1.165) is 16.7 Å². The summed E-state index contributed by atoms with van der Waals surface area (Å²) in [5, 5.41) is 7.33. The number of hydrogen-bond donors (Lipinski definition) is 1. The summed E-state index contributed by atoms with van der Waals surface area (Å²) in [6.45, 7) is 4.23. The minimum atomic E-state index is -0.379. The minimum Gasteiger partial charge on any atom is -0.485 e. The van der Waals surface area contributed by atoms with Crippen LogP contribution in [-0.2, 0) is 6.61 Å². The molecule has 0 fully saturated rings. The molecule has 5 nitrogen and oxygen atoms in total. The molecule has 0 unspecified atom stereocenters. The summed E-state index contributed by atoms with van der Waals surface area (Å²) in [5.41, 5.74) is 4.52. The quantitative estimate of drug-likeness (QED) is 0.455. The number of aromatic nitrogens is 2. The van der Waals surface area contributed by atoms with E-state index in [9.17, 15) is 9.18 Å². The number of halogens is 1. The van der Waals surface area contributed by atoms with Gasteiger partial charge in [-0.05, 0) is 55.3 Å². The van der Waals surface area contributed by atoms with Crippen molar-refractivity contribution >= 4 is 11.6 Å². The molecule has 3 aromatic carbocycles. The van der Waals surface area contributed by atoms with Crippen molar-refractivity contribution in [3.8, 4) is 11.4 Å². The number of nitrogens with one attached hydrogen (secondary N) is 1. The van der Waals surface area contributed by atoms with Crippen molar-refractivity contribution < 1.29 is 13.9 Å². The third kappa shape index (κ3) is 4.80. The first-order chi connectivity index (χ1) is 15.0. The number of nitrogens with zero attached hydrogens (tertiary/aromatic N) is 2. The van der Waals surface area contributed by atoms with Crippen LogP contribution in [0.5, 0.6) is 5.75 Å². The average Bonchev–Trinajstić information content (AvgIpc) is 3.20. The normalized spacial score (nSPS) is 10.7. The Hall–Kier alpha value is -3.93. The predicted molar refractivity (Wildman–Crippen MR) is 118 cm³/mol. The summed E-state index contributed by atoms with van der Waals surface area (Å²) in [7, 11) is 0. The number of hydrogen-bond acceptors (Lipinski definition) is 3. The highest BCUT2D eigenvalue weighted by Gasteiger charge is 2.20. The Labute approximate surface area is 180 Å². The maximum atomic E-state index is 13.3. The van der Waals surface area contributed by atoms with Crippen LogP contribution in [0, 0.1) is 19.7 Å². The van der Waals surface area contributed by atoms with Crippen LogP contribution >= 0.6 is 0 Å². The lowest BCUT2D eigenvalue weighted by Crippen LogP contribution is -2.15. The standard InChI is InChI=1S/C25H22FN3O2/c1-17-8-13-22(18(2)14-17)27-25(30)24-23(31-16-19-6-4-3-5-7-19)15-29(28-24)21-11-9-20(26)10-12-21/h3-15H,16H2,1-2H3,(H,27,30). The molecular weight excluding hydrogens is 393 g/mol. The molecular formula is C25H22FN3O2. The van der Waals surface area contributed by atoms with Gasteiger partial charge in [-0.25, -0.2) is 9.07 Å². The maximum absolute atomic E-state index is 13.3. The molecule has 0 aliphatic carbocycles. The zero-order valence-electron chi connectivity index (χ0n) is 17.3. The number of benzene rings is 3. The number of carbonyl (C=O) groups is 1. The van der Waals surface area contributed by atoms with Gasteiger partial charge in [0, 0.05) is 5.69 Å². The third-order valence-corrected chi connectivity index (χ3v) is 4.85. The molecule has 0 aliphatic heterocycles. The molecule has 6 heteroatoms. The minimum absolute atomic E-state index is 0.153. The van der Waals surface area contributed by atoms with Gasteiger partial charge < -0.3 is 10.1 Å². The van der Waals surface area contributed by atoms with E-state index >= 15 is 0 Å². The van der Waals surface area contributed by atoms with Crippen molar-refractivity contribution in [1.82, 2.24) is 9.78 Å².